The van der Waals surface area contributed by atoms with Gasteiger partial charge in [0.25, 0.3) is 0 Å². The molecule has 3 aliphatic heterocycles. The quantitative estimate of drug-likeness (QED) is 0.279. The first-order chi connectivity index (χ1) is 19.8. The van der Waals surface area contributed by atoms with Crippen molar-refractivity contribution in [1.29, 1.82) is 0 Å². The van der Waals surface area contributed by atoms with Crippen molar-refractivity contribution >= 4 is 17.9 Å². The van der Waals surface area contributed by atoms with Gasteiger partial charge in [-0.1, -0.05) is 26.3 Å². The number of fused-ring (bicyclic) bond motifs is 9. The molecule has 42 heavy (non-hydrogen) atoms. The molecule has 232 valence electrons. The van der Waals surface area contributed by atoms with Crippen LogP contribution in [-0.4, -0.2) is 83.1 Å². The van der Waals surface area contributed by atoms with Crippen LogP contribution in [0, 0.1) is 40.4 Å². The van der Waals surface area contributed by atoms with Gasteiger partial charge in [0.1, 0.15) is 36.1 Å². The zero-order valence-corrected chi connectivity index (χ0v) is 25.3. The molecule has 2 N–H and O–H groups in total. The van der Waals surface area contributed by atoms with Gasteiger partial charge in [-0.3, -0.25) is 9.59 Å². The monoisotopic (exact) mass is 588 g/mol. The molecular formula is C32H44O10. The number of aliphatic hydroxyl groups is 2. The Hall–Kier alpha value is -2.01. The zero-order chi connectivity index (χ0) is 30.1. The van der Waals surface area contributed by atoms with E-state index in [1.54, 1.807) is 0 Å². The van der Waals surface area contributed by atoms with Crippen LogP contribution in [0.15, 0.2) is 11.1 Å². The molecule has 0 aromatic rings. The standard InChI is InChI=1S/C32H44O10/c1-13-9-21(41-29(36)17(13)12-33)14(2)18-7-8-19-24-20(10-23(30(18,19)5)38-15(3)34)31(6)27(39-16(4)35)25-22(40-25)11-32(31,37)28-26(24)42-28/h14,18-28,33,37H,7-12H2,1-6H3/t14-,18+,19-,20-,21+,22-,23-,24-,25-,26-,27-,28-,30+,31-,32-/m0/s1. The van der Waals surface area contributed by atoms with Gasteiger partial charge in [0.2, 0.25) is 0 Å². The number of ether oxygens (including phenoxy) is 5. The number of carbonyl (C=O) groups is 3. The van der Waals surface area contributed by atoms with Crippen molar-refractivity contribution in [2.45, 2.75) is 122 Å². The van der Waals surface area contributed by atoms with E-state index in [2.05, 4.69) is 13.8 Å². The summed E-state index contributed by atoms with van der Waals surface area (Å²) in [5.74, 6) is -1.03. The fraction of sp³-hybridized carbons (Fsp3) is 0.844. The minimum absolute atomic E-state index is 0.00937. The van der Waals surface area contributed by atoms with E-state index in [4.69, 9.17) is 23.7 Å². The molecule has 4 aliphatic carbocycles. The second-order valence-corrected chi connectivity index (χ2v) is 14.7. The molecule has 6 fully saturated rings. The van der Waals surface area contributed by atoms with Crippen molar-refractivity contribution in [1.82, 2.24) is 0 Å². The van der Waals surface area contributed by atoms with Crippen LogP contribution in [0.2, 0.25) is 0 Å². The van der Waals surface area contributed by atoms with E-state index in [0.717, 1.165) is 18.4 Å². The number of cyclic esters (lactones) is 1. The Labute approximate surface area is 246 Å². The first-order valence-electron chi connectivity index (χ1n) is 15.7. The summed E-state index contributed by atoms with van der Waals surface area (Å²) in [6.07, 6.45) is 0.998. The van der Waals surface area contributed by atoms with Crippen LogP contribution in [0.25, 0.3) is 0 Å². The molecule has 7 rings (SSSR count). The van der Waals surface area contributed by atoms with Gasteiger partial charge in [-0.25, -0.2) is 4.79 Å². The van der Waals surface area contributed by atoms with E-state index >= 15 is 0 Å². The number of esters is 3. The molecule has 0 spiro atoms. The minimum atomic E-state index is -1.22. The smallest absolute Gasteiger partial charge is 0.336 e. The average Bonchev–Trinajstić information content (AvgIpc) is 3.82. The molecule has 15 atom stereocenters. The van der Waals surface area contributed by atoms with Gasteiger partial charge in [-0.05, 0) is 55.8 Å². The number of epoxide rings is 2. The summed E-state index contributed by atoms with van der Waals surface area (Å²) in [7, 11) is 0. The van der Waals surface area contributed by atoms with Gasteiger partial charge in [0.15, 0.2) is 0 Å². The molecule has 2 saturated heterocycles. The van der Waals surface area contributed by atoms with Crippen LogP contribution in [0.5, 0.6) is 0 Å². The van der Waals surface area contributed by atoms with Gasteiger partial charge < -0.3 is 33.9 Å². The maximum Gasteiger partial charge on any atom is 0.336 e. The summed E-state index contributed by atoms with van der Waals surface area (Å²) < 4.78 is 30.4. The van der Waals surface area contributed by atoms with Crippen LogP contribution >= 0.6 is 0 Å². The Balaban J connectivity index is 1.26. The molecule has 0 aromatic heterocycles. The van der Waals surface area contributed by atoms with E-state index < -0.39 is 40.6 Å². The summed E-state index contributed by atoms with van der Waals surface area (Å²) in [4.78, 5) is 37.7. The van der Waals surface area contributed by atoms with Crippen molar-refractivity contribution in [3.63, 3.8) is 0 Å². The normalized spacial score (nSPS) is 52.5. The Morgan fingerprint density at radius 3 is 2.43 bits per heavy atom. The van der Waals surface area contributed by atoms with Crippen molar-refractivity contribution in [2.75, 3.05) is 6.61 Å². The zero-order valence-electron chi connectivity index (χ0n) is 25.3. The summed E-state index contributed by atoms with van der Waals surface area (Å²) in [5, 5.41) is 22.0. The van der Waals surface area contributed by atoms with Crippen molar-refractivity contribution < 1.29 is 48.3 Å². The van der Waals surface area contributed by atoms with Gasteiger partial charge in [-0.2, -0.15) is 0 Å². The summed E-state index contributed by atoms with van der Waals surface area (Å²) in [6.45, 7) is 10.8. The van der Waals surface area contributed by atoms with E-state index in [-0.39, 0.29) is 72.7 Å². The first-order valence-corrected chi connectivity index (χ1v) is 15.7. The van der Waals surface area contributed by atoms with Crippen molar-refractivity contribution in [3.05, 3.63) is 11.1 Å². The van der Waals surface area contributed by atoms with Crippen LogP contribution in [0.1, 0.15) is 73.6 Å². The third-order valence-corrected chi connectivity index (χ3v) is 13.1. The predicted octanol–water partition coefficient (Wildman–Crippen LogP) is 2.47. The lowest BCUT2D eigenvalue weighted by Gasteiger charge is -2.64. The molecule has 0 bridgehead atoms. The molecule has 0 amide bonds. The lowest BCUT2D eigenvalue weighted by Crippen LogP contribution is -2.72. The second-order valence-electron chi connectivity index (χ2n) is 14.7. The molecule has 10 nitrogen and oxygen atoms in total. The molecule has 10 heteroatoms. The van der Waals surface area contributed by atoms with E-state index in [1.807, 2.05) is 13.8 Å². The molecule has 4 saturated carbocycles. The largest absolute Gasteiger partial charge is 0.462 e. The molecule has 0 aromatic carbocycles. The third-order valence-electron chi connectivity index (χ3n) is 13.1. The van der Waals surface area contributed by atoms with Crippen LogP contribution in [0.4, 0.5) is 0 Å². The minimum Gasteiger partial charge on any atom is -0.462 e. The maximum atomic E-state index is 12.7. The van der Waals surface area contributed by atoms with E-state index in [0.29, 0.717) is 24.8 Å². The summed E-state index contributed by atoms with van der Waals surface area (Å²) in [6, 6.07) is 0. The molecule has 3 heterocycles. The highest BCUT2D eigenvalue weighted by molar-refractivity contribution is 5.90. The number of carbonyl (C=O) groups excluding carboxylic acids is 3. The molecule has 0 radical (unpaired) electrons. The number of hydrogen-bond acceptors (Lipinski definition) is 10. The second kappa shape index (κ2) is 9.25. The SMILES string of the molecule is CC(=O)O[C@H]1C[C@H]2[C@@H]([C@@H]3O[C@@H]3[C@@]3(O)C[C@@H]4O[C@@H]4[C@H](OC(C)=O)[C@]23C)[C@@H]2CC[C@H]([C@H](C)[C@H]3CC(C)=C(CO)C(=O)O3)[C@@]12C. The Morgan fingerprint density at radius 2 is 1.79 bits per heavy atom. The highest BCUT2D eigenvalue weighted by Gasteiger charge is 2.83. The highest BCUT2D eigenvalue weighted by atomic mass is 16.6. The van der Waals surface area contributed by atoms with Crippen LogP contribution in [-0.2, 0) is 38.1 Å². The molecule has 7 aliphatic rings. The maximum absolute atomic E-state index is 12.7. The number of rotatable bonds is 5. The fourth-order valence-corrected chi connectivity index (χ4v) is 11.0. The molecular weight excluding hydrogens is 544 g/mol. The lowest BCUT2D eigenvalue weighted by atomic mass is 9.42. The van der Waals surface area contributed by atoms with E-state index in [1.165, 1.54) is 13.8 Å². The van der Waals surface area contributed by atoms with Crippen molar-refractivity contribution in [3.8, 4) is 0 Å². The Bertz CT molecular complexity index is 1250. The predicted molar refractivity (Wildman–Crippen MR) is 145 cm³/mol. The van der Waals surface area contributed by atoms with Gasteiger partial charge in [0, 0.05) is 37.5 Å². The fourth-order valence-electron chi connectivity index (χ4n) is 11.0. The average molecular weight is 589 g/mol. The topological polar surface area (TPSA) is 144 Å². The van der Waals surface area contributed by atoms with Gasteiger partial charge >= 0.3 is 17.9 Å². The van der Waals surface area contributed by atoms with Gasteiger partial charge in [0.05, 0.1) is 24.4 Å². The van der Waals surface area contributed by atoms with Crippen LogP contribution < -0.4 is 0 Å². The Kier molecular flexibility index (Phi) is 6.33. The first kappa shape index (κ1) is 28.7. The van der Waals surface area contributed by atoms with Gasteiger partial charge in [-0.15, -0.1) is 0 Å². The third kappa shape index (κ3) is 3.67. The van der Waals surface area contributed by atoms with Crippen LogP contribution in [0.3, 0.4) is 0 Å². The lowest BCUT2D eigenvalue weighted by molar-refractivity contribution is -0.250. The highest BCUT2D eigenvalue weighted by Crippen LogP contribution is 2.74. The summed E-state index contributed by atoms with van der Waals surface area (Å²) in [5.41, 5.74) is -1.29. The number of hydrogen-bond donors (Lipinski definition) is 2. The van der Waals surface area contributed by atoms with E-state index in [9.17, 15) is 24.6 Å². The summed E-state index contributed by atoms with van der Waals surface area (Å²) >= 11 is 0. The number of aliphatic hydroxyl groups excluding tert-OH is 1. The van der Waals surface area contributed by atoms with Crippen molar-refractivity contribution in [2.24, 2.45) is 40.4 Å². The Morgan fingerprint density at radius 1 is 1.07 bits per heavy atom. The molecule has 0 unspecified atom stereocenters.